The summed E-state index contributed by atoms with van der Waals surface area (Å²) in [6, 6.07) is 19.0. The molecule has 0 aliphatic rings. The molecular weight excluding hydrogens is 366 g/mol. The number of methoxy groups -OCH3 is 1. The molecule has 0 heterocycles. The molecule has 0 radical (unpaired) electrons. The van der Waals surface area contributed by atoms with Crippen LogP contribution in [0.3, 0.4) is 0 Å². The summed E-state index contributed by atoms with van der Waals surface area (Å²) in [5.41, 5.74) is 1.76. The highest BCUT2D eigenvalue weighted by atomic mass is 35.5. The van der Waals surface area contributed by atoms with Crippen molar-refractivity contribution < 1.29 is 19.4 Å². The molecule has 3 aromatic carbocycles. The third kappa shape index (κ3) is 4.71. The fourth-order valence-electron chi connectivity index (χ4n) is 2.53. The summed E-state index contributed by atoms with van der Waals surface area (Å²) < 4.78 is 11.1. The molecule has 0 saturated heterocycles. The van der Waals surface area contributed by atoms with Crippen LogP contribution in [0.1, 0.15) is 15.9 Å². The number of carbonyl (C=O) groups is 1. The monoisotopic (exact) mass is 383 g/mol. The van der Waals surface area contributed by atoms with E-state index >= 15 is 0 Å². The number of ether oxygens (including phenoxy) is 2. The number of amides is 1. The van der Waals surface area contributed by atoms with Gasteiger partial charge in [-0.3, -0.25) is 4.79 Å². The average Bonchev–Trinajstić information content (AvgIpc) is 2.66. The summed E-state index contributed by atoms with van der Waals surface area (Å²) in [6.45, 7) is 0.311. The maximum Gasteiger partial charge on any atom is 0.255 e. The van der Waals surface area contributed by atoms with E-state index in [1.807, 2.05) is 30.3 Å². The van der Waals surface area contributed by atoms with Crippen molar-refractivity contribution in [2.45, 2.75) is 6.61 Å². The number of phenolic OH excluding ortho intramolecular Hbond substituents is 1. The normalized spacial score (nSPS) is 10.3. The van der Waals surface area contributed by atoms with Gasteiger partial charge in [0.25, 0.3) is 5.91 Å². The summed E-state index contributed by atoms with van der Waals surface area (Å²) >= 11 is 6.26. The van der Waals surface area contributed by atoms with E-state index in [-0.39, 0.29) is 16.7 Å². The zero-order chi connectivity index (χ0) is 19.2. The maximum absolute atomic E-state index is 12.6. The molecule has 1 amide bonds. The van der Waals surface area contributed by atoms with Crippen molar-refractivity contribution in [3.8, 4) is 17.2 Å². The third-order valence-electron chi connectivity index (χ3n) is 3.82. The Balaban J connectivity index is 1.83. The van der Waals surface area contributed by atoms with E-state index < -0.39 is 0 Å². The maximum atomic E-state index is 12.6. The van der Waals surface area contributed by atoms with Gasteiger partial charge in [-0.15, -0.1) is 0 Å². The van der Waals surface area contributed by atoms with Gasteiger partial charge in [-0.2, -0.15) is 0 Å². The average molecular weight is 384 g/mol. The van der Waals surface area contributed by atoms with Gasteiger partial charge in [0.15, 0.2) is 11.5 Å². The van der Waals surface area contributed by atoms with E-state index in [0.29, 0.717) is 29.4 Å². The second kappa shape index (κ2) is 8.47. The molecule has 3 rings (SSSR count). The molecule has 0 aliphatic heterocycles. The molecule has 0 bridgehead atoms. The fourth-order valence-corrected chi connectivity index (χ4v) is 2.81. The Hall–Kier alpha value is -3.18. The van der Waals surface area contributed by atoms with Gasteiger partial charge in [-0.1, -0.05) is 48.0 Å². The number of benzene rings is 3. The van der Waals surface area contributed by atoms with Crippen LogP contribution in [0.25, 0.3) is 0 Å². The molecule has 0 saturated carbocycles. The summed E-state index contributed by atoms with van der Waals surface area (Å²) in [5.74, 6) is 0.415. The van der Waals surface area contributed by atoms with Crippen LogP contribution in [-0.4, -0.2) is 18.1 Å². The van der Waals surface area contributed by atoms with Crippen LogP contribution in [0, 0.1) is 0 Å². The van der Waals surface area contributed by atoms with Crippen molar-refractivity contribution in [2.75, 3.05) is 12.4 Å². The van der Waals surface area contributed by atoms with Gasteiger partial charge in [0.05, 0.1) is 12.1 Å². The largest absolute Gasteiger partial charge is 0.508 e. The number of aromatic hydroxyl groups is 1. The first-order valence-electron chi connectivity index (χ1n) is 8.21. The first-order chi connectivity index (χ1) is 13.1. The fraction of sp³-hybridized carbons (Fsp3) is 0.0952. The van der Waals surface area contributed by atoms with Gasteiger partial charge >= 0.3 is 0 Å². The number of rotatable bonds is 6. The van der Waals surface area contributed by atoms with E-state index in [0.717, 1.165) is 5.56 Å². The van der Waals surface area contributed by atoms with Crippen molar-refractivity contribution in [1.29, 1.82) is 0 Å². The van der Waals surface area contributed by atoms with Crippen molar-refractivity contribution in [3.63, 3.8) is 0 Å². The van der Waals surface area contributed by atoms with Crippen LogP contribution in [-0.2, 0) is 6.61 Å². The lowest BCUT2D eigenvalue weighted by molar-refractivity contribution is 0.102. The van der Waals surface area contributed by atoms with Gasteiger partial charge in [-0.05, 0) is 29.8 Å². The summed E-state index contributed by atoms with van der Waals surface area (Å²) in [5, 5.41) is 12.5. The molecule has 0 atom stereocenters. The highest BCUT2D eigenvalue weighted by molar-refractivity contribution is 6.32. The second-order valence-corrected chi connectivity index (χ2v) is 6.18. The number of hydrogen-bond donors (Lipinski definition) is 2. The van der Waals surface area contributed by atoms with Crippen molar-refractivity contribution >= 4 is 23.2 Å². The molecular formula is C21H18ClNO4. The summed E-state index contributed by atoms with van der Waals surface area (Å²) in [6.07, 6.45) is 0. The predicted molar refractivity (Wildman–Crippen MR) is 105 cm³/mol. The van der Waals surface area contributed by atoms with E-state index in [1.165, 1.54) is 25.3 Å². The number of halogens is 1. The first kappa shape index (κ1) is 18.6. The minimum absolute atomic E-state index is 0.0625. The lowest BCUT2D eigenvalue weighted by Crippen LogP contribution is -2.12. The summed E-state index contributed by atoms with van der Waals surface area (Å²) in [4.78, 5) is 12.6. The summed E-state index contributed by atoms with van der Waals surface area (Å²) in [7, 11) is 1.49. The second-order valence-electron chi connectivity index (χ2n) is 5.77. The highest BCUT2D eigenvalue weighted by Gasteiger charge is 2.16. The molecule has 0 aromatic heterocycles. The quantitative estimate of drug-likeness (QED) is 0.636. The zero-order valence-electron chi connectivity index (χ0n) is 14.6. The van der Waals surface area contributed by atoms with Gasteiger partial charge in [0.1, 0.15) is 12.4 Å². The molecule has 3 aromatic rings. The highest BCUT2D eigenvalue weighted by Crippen LogP contribution is 2.37. The molecule has 6 heteroatoms. The minimum atomic E-state index is -0.380. The molecule has 0 unspecified atom stereocenters. The van der Waals surface area contributed by atoms with E-state index in [4.69, 9.17) is 21.1 Å². The van der Waals surface area contributed by atoms with E-state index in [1.54, 1.807) is 18.2 Å². The number of carbonyl (C=O) groups excluding carboxylic acids is 1. The molecule has 27 heavy (non-hydrogen) atoms. The molecule has 138 valence electrons. The number of phenols is 1. The Morgan fingerprint density at radius 1 is 1.07 bits per heavy atom. The van der Waals surface area contributed by atoms with Crippen LogP contribution in [0.5, 0.6) is 17.2 Å². The molecule has 2 N–H and O–H groups in total. The first-order valence-corrected chi connectivity index (χ1v) is 8.59. The van der Waals surface area contributed by atoms with Gasteiger partial charge < -0.3 is 19.9 Å². The number of nitrogens with one attached hydrogen (secondary N) is 1. The zero-order valence-corrected chi connectivity index (χ0v) is 15.4. The predicted octanol–water partition coefficient (Wildman–Crippen LogP) is 4.89. The van der Waals surface area contributed by atoms with Crippen molar-refractivity contribution in [2.24, 2.45) is 0 Å². The van der Waals surface area contributed by atoms with Gasteiger partial charge in [0, 0.05) is 17.3 Å². The Kier molecular flexibility index (Phi) is 5.84. The van der Waals surface area contributed by atoms with Crippen molar-refractivity contribution in [3.05, 3.63) is 82.9 Å². The minimum Gasteiger partial charge on any atom is -0.508 e. The van der Waals surface area contributed by atoms with E-state index in [2.05, 4.69) is 5.32 Å². The molecule has 0 aliphatic carbocycles. The Labute approximate surface area is 162 Å². The topological polar surface area (TPSA) is 67.8 Å². The standard InChI is InChI=1S/C21H18ClNO4/c1-26-20-18(22)10-15(21(25)23-16-8-5-9-17(24)12-16)11-19(20)27-13-14-6-3-2-4-7-14/h2-12,24H,13H2,1H3,(H,23,25). The van der Waals surface area contributed by atoms with E-state index in [9.17, 15) is 9.90 Å². The SMILES string of the molecule is COc1c(Cl)cc(C(=O)Nc2cccc(O)c2)cc1OCc1ccccc1. The van der Waals surface area contributed by atoms with Crippen LogP contribution in [0.4, 0.5) is 5.69 Å². The number of hydrogen-bond acceptors (Lipinski definition) is 4. The Morgan fingerprint density at radius 3 is 2.56 bits per heavy atom. The van der Waals surface area contributed by atoms with Crippen LogP contribution < -0.4 is 14.8 Å². The Morgan fingerprint density at radius 2 is 1.85 bits per heavy atom. The molecule has 0 fully saturated rings. The molecule has 5 nitrogen and oxygen atoms in total. The van der Waals surface area contributed by atoms with Crippen molar-refractivity contribution in [1.82, 2.24) is 0 Å². The Bertz CT molecular complexity index is 944. The van der Waals surface area contributed by atoms with Crippen LogP contribution >= 0.6 is 11.6 Å². The lowest BCUT2D eigenvalue weighted by atomic mass is 10.1. The van der Waals surface area contributed by atoms with Gasteiger partial charge in [0.2, 0.25) is 0 Å². The number of anilines is 1. The third-order valence-corrected chi connectivity index (χ3v) is 4.10. The lowest BCUT2D eigenvalue weighted by Gasteiger charge is -2.14. The smallest absolute Gasteiger partial charge is 0.255 e. The van der Waals surface area contributed by atoms with Crippen LogP contribution in [0.15, 0.2) is 66.7 Å². The molecule has 0 spiro atoms. The van der Waals surface area contributed by atoms with Crippen LogP contribution in [0.2, 0.25) is 5.02 Å². The van der Waals surface area contributed by atoms with Gasteiger partial charge in [-0.25, -0.2) is 0 Å².